The van der Waals surface area contributed by atoms with Crippen molar-refractivity contribution in [2.45, 2.75) is 13.5 Å². The minimum atomic E-state index is 0. The van der Waals surface area contributed by atoms with Gasteiger partial charge in [-0.3, -0.25) is 0 Å². The van der Waals surface area contributed by atoms with Crippen molar-refractivity contribution in [3.05, 3.63) is 33.5 Å². The van der Waals surface area contributed by atoms with Crippen LogP contribution in [0.25, 0.3) is 0 Å². The molecule has 2 aromatic rings. The summed E-state index contributed by atoms with van der Waals surface area (Å²) >= 11 is 3.46. The molecule has 0 saturated carbocycles. The molecule has 3 rings (SSSR count). The van der Waals surface area contributed by atoms with E-state index in [1.807, 2.05) is 11.6 Å². The van der Waals surface area contributed by atoms with Gasteiger partial charge in [0.2, 0.25) is 0 Å². The van der Waals surface area contributed by atoms with E-state index in [4.69, 9.17) is 5.73 Å². The third kappa shape index (κ3) is 4.32. The number of thiophene rings is 1. The summed E-state index contributed by atoms with van der Waals surface area (Å²) in [5.74, 6) is 0.653. The molecule has 1 fully saturated rings. The Kier molecular flexibility index (Phi) is 6.45. The van der Waals surface area contributed by atoms with Gasteiger partial charge in [0.25, 0.3) is 0 Å². The molecule has 1 saturated heterocycles. The zero-order chi connectivity index (χ0) is 14.7. The Balaban J connectivity index is 0.00000176. The maximum absolute atomic E-state index is 6.12. The van der Waals surface area contributed by atoms with Crippen molar-refractivity contribution in [3.63, 3.8) is 0 Å². The Bertz CT molecular complexity index is 603. The monoisotopic (exact) mass is 449 g/mol. The minimum absolute atomic E-state index is 0. The van der Waals surface area contributed by atoms with Crippen molar-refractivity contribution >= 4 is 57.7 Å². The predicted octanol–water partition coefficient (Wildman–Crippen LogP) is 2.77. The Morgan fingerprint density at radius 1 is 1.32 bits per heavy atom. The number of guanidine groups is 1. The van der Waals surface area contributed by atoms with Crippen molar-refractivity contribution in [2.75, 3.05) is 31.1 Å². The van der Waals surface area contributed by atoms with E-state index in [9.17, 15) is 0 Å². The zero-order valence-corrected chi connectivity index (χ0v) is 16.4. The average Bonchev–Trinajstić information content (AvgIpc) is 3.16. The second kappa shape index (κ2) is 8.11. The molecule has 0 atom stereocenters. The van der Waals surface area contributed by atoms with Gasteiger partial charge in [-0.05, 0) is 19.1 Å². The van der Waals surface area contributed by atoms with E-state index in [1.165, 1.54) is 9.75 Å². The van der Waals surface area contributed by atoms with E-state index in [0.717, 1.165) is 31.3 Å². The number of thiazole rings is 1. The standard InChI is InChI=1S/C14H19N5S2.HI/c1-11-2-3-12(21-11)10-17-13(15)18-5-7-19(8-6-18)14-16-4-9-20-14;/h2-4,9H,5-8,10H2,1H3,(H2,15,17);1H. The van der Waals surface area contributed by atoms with Crippen molar-refractivity contribution in [2.24, 2.45) is 10.7 Å². The fourth-order valence-corrected chi connectivity index (χ4v) is 3.84. The molecule has 2 N–H and O–H groups in total. The number of aromatic nitrogens is 1. The summed E-state index contributed by atoms with van der Waals surface area (Å²) in [6, 6.07) is 4.25. The number of aryl methyl sites for hydroxylation is 1. The number of aliphatic imine (C=N–C) groups is 1. The number of nitrogens with two attached hydrogens (primary N) is 1. The number of hydrogen-bond donors (Lipinski definition) is 1. The van der Waals surface area contributed by atoms with Gasteiger partial charge in [0.05, 0.1) is 6.54 Å². The van der Waals surface area contributed by atoms with E-state index in [1.54, 1.807) is 22.7 Å². The highest BCUT2D eigenvalue weighted by molar-refractivity contribution is 14.0. The van der Waals surface area contributed by atoms with Crippen molar-refractivity contribution in [1.29, 1.82) is 0 Å². The van der Waals surface area contributed by atoms with Gasteiger partial charge in [-0.2, -0.15) is 0 Å². The second-order valence-corrected chi connectivity index (χ2v) is 7.22. The third-order valence-corrected chi connectivity index (χ3v) is 5.30. The first-order chi connectivity index (χ1) is 10.2. The number of halogens is 1. The third-order valence-electron chi connectivity index (χ3n) is 3.49. The van der Waals surface area contributed by atoms with Gasteiger partial charge in [-0.1, -0.05) is 0 Å². The van der Waals surface area contributed by atoms with Crippen LogP contribution < -0.4 is 10.6 Å². The summed E-state index contributed by atoms with van der Waals surface area (Å²) in [6.45, 7) is 6.48. The number of hydrogen-bond acceptors (Lipinski definition) is 5. The molecule has 1 aliphatic heterocycles. The minimum Gasteiger partial charge on any atom is -0.370 e. The first kappa shape index (κ1) is 17.5. The summed E-state index contributed by atoms with van der Waals surface area (Å²) in [7, 11) is 0. The van der Waals surface area contributed by atoms with E-state index in [-0.39, 0.29) is 24.0 Å². The molecular weight excluding hydrogens is 429 g/mol. The number of nitrogens with zero attached hydrogens (tertiary/aromatic N) is 4. The molecule has 0 radical (unpaired) electrons. The van der Waals surface area contributed by atoms with Gasteiger partial charge < -0.3 is 15.5 Å². The van der Waals surface area contributed by atoms with Gasteiger partial charge in [0, 0.05) is 47.5 Å². The van der Waals surface area contributed by atoms with Crippen LogP contribution in [0.3, 0.4) is 0 Å². The lowest BCUT2D eigenvalue weighted by atomic mass is 10.3. The van der Waals surface area contributed by atoms with Gasteiger partial charge in [-0.25, -0.2) is 9.98 Å². The molecule has 0 bridgehead atoms. The van der Waals surface area contributed by atoms with Crippen LogP contribution >= 0.6 is 46.7 Å². The molecule has 0 amide bonds. The van der Waals surface area contributed by atoms with Crippen LogP contribution in [0.2, 0.25) is 0 Å². The summed E-state index contributed by atoms with van der Waals surface area (Å²) in [6.07, 6.45) is 1.85. The van der Waals surface area contributed by atoms with E-state index >= 15 is 0 Å². The summed E-state index contributed by atoms with van der Waals surface area (Å²) in [5.41, 5.74) is 6.12. The highest BCUT2D eigenvalue weighted by atomic mass is 127. The van der Waals surface area contributed by atoms with Gasteiger partial charge in [0.1, 0.15) is 0 Å². The van der Waals surface area contributed by atoms with Crippen molar-refractivity contribution < 1.29 is 0 Å². The molecule has 22 heavy (non-hydrogen) atoms. The quantitative estimate of drug-likeness (QED) is 0.445. The summed E-state index contributed by atoms with van der Waals surface area (Å²) in [5, 5.41) is 3.11. The molecule has 0 aromatic carbocycles. The number of anilines is 1. The smallest absolute Gasteiger partial charge is 0.191 e. The van der Waals surface area contributed by atoms with Crippen LogP contribution in [0.5, 0.6) is 0 Å². The van der Waals surface area contributed by atoms with Crippen molar-refractivity contribution in [1.82, 2.24) is 9.88 Å². The Morgan fingerprint density at radius 2 is 2.09 bits per heavy atom. The maximum Gasteiger partial charge on any atom is 0.191 e. The first-order valence-electron chi connectivity index (χ1n) is 6.97. The summed E-state index contributed by atoms with van der Waals surface area (Å²) < 4.78 is 0. The zero-order valence-electron chi connectivity index (χ0n) is 12.4. The largest absolute Gasteiger partial charge is 0.370 e. The fourth-order valence-electron chi connectivity index (χ4n) is 2.33. The average molecular weight is 449 g/mol. The first-order valence-corrected chi connectivity index (χ1v) is 8.66. The maximum atomic E-state index is 6.12. The fraction of sp³-hybridized carbons (Fsp3) is 0.429. The number of piperazine rings is 1. The number of rotatable bonds is 3. The molecule has 3 heterocycles. The lowest BCUT2D eigenvalue weighted by molar-refractivity contribution is 0.380. The Morgan fingerprint density at radius 3 is 2.68 bits per heavy atom. The van der Waals surface area contributed by atoms with Gasteiger partial charge in [-0.15, -0.1) is 46.7 Å². The lowest BCUT2D eigenvalue weighted by Gasteiger charge is -2.35. The van der Waals surface area contributed by atoms with Crippen LogP contribution in [-0.2, 0) is 6.54 Å². The SMILES string of the molecule is Cc1ccc(CN=C(N)N2CCN(c3nccs3)CC2)s1.I. The molecule has 8 heteroatoms. The highest BCUT2D eigenvalue weighted by Crippen LogP contribution is 2.19. The summed E-state index contributed by atoms with van der Waals surface area (Å²) in [4.78, 5) is 15.9. The Hall–Kier alpha value is -0.870. The second-order valence-electron chi connectivity index (χ2n) is 4.98. The predicted molar refractivity (Wildman–Crippen MR) is 106 cm³/mol. The van der Waals surface area contributed by atoms with Crippen molar-refractivity contribution in [3.8, 4) is 0 Å². The van der Waals surface area contributed by atoms with Crippen LogP contribution in [0.1, 0.15) is 9.75 Å². The lowest BCUT2D eigenvalue weighted by Crippen LogP contribution is -2.51. The van der Waals surface area contributed by atoms with E-state index < -0.39 is 0 Å². The molecular formula is C14H20IN5S2. The molecule has 2 aromatic heterocycles. The molecule has 0 aliphatic carbocycles. The molecule has 0 unspecified atom stereocenters. The van der Waals surface area contributed by atoms with Crippen LogP contribution in [0.4, 0.5) is 5.13 Å². The van der Waals surface area contributed by atoms with Crippen LogP contribution in [0.15, 0.2) is 28.7 Å². The van der Waals surface area contributed by atoms with Gasteiger partial charge >= 0.3 is 0 Å². The molecule has 1 aliphatic rings. The molecule has 5 nitrogen and oxygen atoms in total. The Labute approximate surface area is 155 Å². The molecule has 0 spiro atoms. The van der Waals surface area contributed by atoms with Crippen LogP contribution in [-0.4, -0.2) is 42.0 Å². The normalized spacial score (nSPS) is 15.8. The molecule has 120 valence electrons. The van der Waals surface area contributed by atoms with E-state index in [0.29, 0.717) is 12.5 Å². The topological polar surface area (TPSA) is 57.8 Å². The van der Waals surface area contributed by atoms with E-state index in [2.05, 4.69) is 38.8 Å². The highest BCUT2D eigenvalue weighted by Gasteiger charge is 2.19. The van der Waals surface area contributed by atoms with Crippen LogP contribution in [0, 0.1) is 6.92 Å². The van der Waals surface area contributed by atoms with Gasteiger partial charge in [0.15, 0.2) is 11.1 Å².